The van der Waals surface area contributed by atoms with Gasteiger partial charge in [-0.25, -0.2) is 0 Å². The first-order valence-corrected chi connectivity index (χ1v) is 5.95. The van der Waals surface area contributed by atoms with Gasteiger partial charge in [0, 0.05) is 13.0 Å². The highest BCUT2D eigenvalue weighted by molar-refractivity contribution is 4.75. The summed E-state index contributed by atoms with van der Waals surface area (Å²) >= 11 is 0. The predicted octanol–water partition coefficient (Wildman–Crippen LogP) is 0.668. The maximum Gasteiger partial charge on any atom is 0.0616 e. The second-order valence-corrected chi connectivity index (χ2v) is 5.32. The molecule has 4 N–H and O–H groups in total. The molecule has 0 spiro atoms. The second-order valence-electron chi connectivity index (χ2n) is 5.32. The molecule has 0 rings (SSSR count). The van der Waals surface area contributed by atoms with Crippen molar-refractivity contribution in [2.45, 2.75) is 64.3 Å². The monoisotopic (exact) mass is 234 g/mol. The van der Waals surface area contributed by atoms with Crippen molar-refractivity contribution < 1.29 is 20.4 Å². The van der Waals surface area contributed by atoms with Crippen LogP contribution in [0, 0.1) is 5.92 Å². The van der Waals surface area contributed by atoms with Gasteiger partial charge in [0.1, 0.15) is 0 Å². The van der Waals surface area contributed by atoms with Crippen molar-refractivity contribution in [1.82, 2.24) is 0 Å². The van der Waals surface area contributed by atoms with E-state index in [1.54, 1.807) is 13.8 Å². The summed E-state index contributed by atoms with van der Waals surface area (Å²) in [4.78, 5) is 0. The molecule has 4 heteroatoms. The van der Waals surface area contributed by atoms with Crippen molar-refractivity contribution in [3.05, 3.63) is 0 Å². The quantitative estimate of drug-likeness (QED) is 0.497. The molecule has 4 nitrogen and oxygen atoms in total. The van der Waals surface area contributed by atoms with Crippen LogP contribution in [0.25, 0.3) is 0 Å². The first-order valence-electron chi connectivity index (χ1n) is 5.95. The Bertz CT molecular complexity index is 176. The van der Waals surface area contributed by atoms with Gasteiger partial charge in [-0.1, -0.05) is 6.92 Å². The van der Waals surface area contributed by atoms with Gasteiger partial charge < -0.3 is 20.4 Å². The van der Waals surface area contributed by atoms with Crippen molar-refractivity contribution in [2.75, 3.05) is 6.61 Å². The third-order valence-corrected chi connectivity index (χ3v) is 2.72. The molecule has 0 aromatic rings. The predicted molar refractivity (Wildman–Crippen MR) is 63.0 cm³/mol. The molecule has 3 unspecified atom stereocenters. The van der Waals surface area contributed by atoms with E-state index < -0.39 is 17.8 Å². The Morgan fingerprint density at radius 2 is 1.75 bits per heavy atom. The number of hydrogen-bond acceptors (Lipinski definition) is 4. The van der Waals surface area contributed by atoms with E-state index in [1.807, 2.05) is 6.92 Å². The molecular formula is C12H26O4. The van der Waals surface area contributed by atoms with Crippen molar-refractivity contribution in [3.8, 4) is 0 Å². The van der Waals surface area contributed by atoms with Gasteiger partial charge in [-0.15, -0.1) is 0 Å². The molecule has 0 fully saturated rings. The van der Waals surface area contributed by atoms with Crippen LogP contribution in [0.3, 0.4) is 0 Å². The standard InChI is InChI=1S/C12H26O4/c1-9(5-4-6-13)11(15)7-10(14)8-12(2,3)16/h9-11,13-16H,4-8H2,1-3H3. The van der Waals surface area contributed by atoms with E-state index in [9.17, 15) is 15.3 Å². The van der Waals surface area contributed by atoms with Crippen LogP contribution in [0.1, 0.15) is 46.5 Å². The summed E-state index contributed by atoms with van der Waals surface area (Å²) in [5, 5.41) is 37.6. The lowest BCUT2D eigenvalue weighted by Gasteiger charge is -2.25. The zero-order valence-electron chi connectivity index (χ0n) is 10.6. The zero-order chi connectivity index (χ0) is 12.8. The molecule has 0 saturated carbocycles. The van der Waals surface area contributed by atoms with Gasteiger partial charge in [0.05, 0.1) is 17.8 Å². The number of aliphatic hydroxyl groups excluding tert-OH is 3. The van der Waals surface area contributed by atoms with Crippen molar-refractivity contribution in [3.63, 3.8) is 0 Å². The summed E-state index contributed by atoms with van der Waals surface area (Å²) in [5.74, 6) is 0.0589. The highest BCUT2D eigenvalue weighted by Gasteiger charge is 2.23. The van der Waals surface area contributed by atoms with Gasteiger partial charge in [-0.2, -0.15) is 0 Å². The Hall–Kier alpha value is -0.160. The minimum Gasteiger partial charge on any atom is -0.396 e. The molecule has 3 atom stereocenters. The molecule has 0 radical (unpaired) electrons. The first-order chi connectivity index (χ1) is 7.26. The van der Waals surface area contributed by atoms with Crippen molar-refractivity contribution >= 4 is 0 Å². The van der Waals surface area contributed by atoms with E-state index in [0.29, 0.717) is 6.42 Å². The van der Waals surface area contributed by atoms with Crippen molar-refractivity contribution in [2.24, 2.45) is 5.92 Å². The fourth-order valence-electron chi connectivity index (χ4n) is 1.78. The maximum absolute atomic E-state index is 9.79. The highest BCUT2D eigenvalue weighted by Crippen LogP contribution is 2.19. The van der Waals surface area contributed by atoms with Gasteiger partial charge in [0.15, 0.2) is 0 Å². The number of aliphatic hydroxyl groups is 4. The molecule has 0 bridgehead atoms. The summed E-state index contributed by atoms with van der Waals surface area (Å²) in [6.07, 6.45) is 0.676. The third-order valence-electron chi connectivity index (χ3n) is 2.72. The summed E-state index contributed by atoms with van der Waals surface area (Å²) in [6, 6.07) is 0. The van der Waals surface area contributed by atoms with Crippen LogP contribution in [0.15, 0.2) is 0 Å². The lowest BCUT2D eigenvalue weighted by Crippen LogP contribution is -2.31. The van der Waals surface area contributed by atoms with E-state index >= 15 is 0 Å². The fraction of sp³-hybridized carbons (Fsp3) is 1.00. The summed E-state index contributed by atoms with van der Waals surface area (Å²) in [5.41, 5.74) is -0.909. The molecule has 0 aliphatic heterocycles. The van der Waals surface area contributed by atoms with Gasteiger partial charge >= 0.3 is 0 Å². The smallest absolute Gasteiger partial charge is 0.0616 e. The van der Waals surface area contributed by atoms with Crippen molar-refractivity contribution in [1.29, 1.82) is 0 Å². The largest absolute Gasteiger partial charge is 0.396 e. The van der Waals surface area contributed by atoms with Crippen LogP contribution in [0.5, 0.6) is 0 Å². The molecule has 0 amide bonds. The summed E-state index contributed by atoms with van der Waals surface area (Å²) in [7, 11) is 0. The average Bonchev–Trinajstić information content (AvgIpc) is 2.10. The maximum atomic E-state index is 9.79. The lowest BCUT2D eigenvalue weighted by atomic mass is 9.91. The molecule has 16 heavy (non-hydrogen) atoms. The number of rotatable bonds is 8. The van der Waals surface area contributed by atoms with E-state index in [2.05, 4.69) is 0 Å². The second kappa shape index (κ2) is 7.22. The van der Waals surface area contributed by atoms with Crippen LogP contribution in [0.2, 0.25) is 0 Å². The van der Waals surface area contributed by atoms with E-state index in [4.69, 9.17) is 5.11 Å². The van der Waals surface area contributed by atoms with Gasteiger partial charge in [0.25, 0.3) is 0 Å². The Morgan fingerprint density at radius 3 is 2.19 bits per heavy atom. The minimum atomic E-state index is -0.909. The highest BCUT2D eigenvalue weighted by atomic mass is 16.3. The molecule has 0 aromatic carbocycles. The number of hydrogen-bond donors (Lipinski definition) is 4. The lowest BCUT2D eigenvalue weighted by molar-refractivity contribution is -0.0113. The zero-order valence-corrected chi connectivity index (χ0v) is 10.6. The normalized spacial score (nSPS) is 18.2. The summed E-state index contributed by atoms with van der Waals surface area (Å²) in [6.45, 7) is 5.30. The molecular weight excluding hydrogens is 208 g/mol. The Kier molecular flexibility index (Phi) is 7.15. The van der Waals surface area contributed by atoms with E-state index in [1.165, 1.54) is 0 Å². The van der Waals surface area contributed by atoms with Gasteiger partial charge in [-0.05, 0) is 39.0 Å². The molecule has 98 valence electrons. The van der Waals surface area contributed by atoms with E-state index in [0.717, 1.165) is 6.42 Å². The van der Waals surface area contributed by atoms with Gasteiger partial charge in [-0.3, -0.25) is 0 Å². The molecule has 0 aliphatic rings. The van der Waals surface area contributed by atoms with Crippen LogP contribution in [-0.4, -0.2) is 44.8 Å². The SMILES string of the molecule is CC(CCCO)C(O)CC(O)CC(C)(C)O. The van der Waals surface area contributed by atoms with Crippen LogP contribution in [0.4, 0.5) is 0 Å². The van der Waals surface area contributed by atoms with Gasteiger partial charge in [0.2, 0.25) is 0 Å². The molecule has 0 aromatic heterocycles. The van der Waals surface area contributed by atoms with E-state index in [-0.39, 0.29) is 25.4 Å². The topological polar surface area (TPSA) is 80.9 Å². The van der Waals surface area contributed by atoms with Crippen LogP contribution < -0.4 is 0 Å². The van der Waals surface area contributed by atoms with Crippen LogP contribution >= 0.6 is 0 Å². The fourth-order valence-corrected chi connectivity index (χ4v) is 1.78. The Balaban J connectivity index is 3.89. The molecule has 0 heterocycles. The molecule has 0 saturated heterocycles. The average molecular weight is 234 g/mol. The first kappa shape index (κ1) is 15.8. The summed E-state index contributed by atoms with van der Waals surface area (Å²) < 4.78 is 0. The molecule has 0 aliphatic carbocycles. The minimum absolute atomic E-state index is 0.0589. The Morgan fingerprint density at radius 1 is 1.19 bits per heavy atom. The third kappa shape index (κ3) is 8.05. The van der Waals surface area contributed by atoms with Crippen LogP contribution in [-0.2, 0) is 0 Å². The Labute approximate surface area is 97.9 Å².